The van der Waals surface area contributed by atoms with Crippen molar-refractivity contribution in [3.8, 4) is 5.75 Å². The van der Waals surface area contributed by atoms with Crippen LogP contribution in [0.2, 0.25) is 0 Å². The van der Waals surface area contributed by atoms with Gasteiger partial charge in [-0.25, -0.2) is 0 Å². The molecule has 0 fully saturated rings. The number of rotatable bonds is 7. The summed E-state index contributed by atoms with van der Waals surface area (Å²) in [4.78, 5) is 13.7. The lowest BCUT2D eigenvalue weighted by molar-refractivity contribution is -0.139. The summed E-state index contributed by atoms with van der Waals surface area (Å²) in [6.45, 7) is 5.20. The molecule has 0 saturated carbocycles. The predicted molar refractivity (Wildman–Crippen MR) is 120 cm³/mol. The number of amides is 1. The van der Waals surface area contributed by atoms with Gasteiger partial charge in [-0.3, -0.25) is 4.79 Å². The average molecular weight is 441 g/mol. The minimum Gasteiger partial charge on any atom is -0.490 e. The SMILES string of the molecule is CCC(C(=O)Nc1ccc(OC(C)C)c(C(F)(F)F)c1)(c1ccccc1)c1ccccc1. The maximum absolute atomic E-state index is 13.7. The van der Waals surface area contributed by atoms with Crippen molar-refractivity contribution < 1.29 is 22.7 Å². The third-order valence-corrected chi connectivity index (χ3v) is 5.36. The van der Waals surface area contributed by atoms with Gasteiger partial charge < -0.3 is 10.1 Å². The zero-order chi connectivity index (χ0) is 23.4. The van der Waals surface area contributed by atoms with Crippen molar-refractivity contribution in [2.24, 2.45) is 0 Å². The maximum Gasteiger partial charge on any atom is 0.420 e. The van der Waals surface area contributed by atoms with Crippen molar-refractivity contribution in [2.75, 3.05) is 5.32 Å². The van der Waals surface area contributed by atoms with Gasteiger partial charge in [0.25, 0.3) is 0 Å². The Morgan fingerprint density at radius 2 is 1.44 bits per heavy atom. The number of nitrogens with one attached hydrogen (secondary N) is 1. The molecule has 1 amide bonds. The molecule has 0 unspecified atom stereocenters. The first-order chi connectivity index (χ1) is 15.2. The Balaban J connectivity index is 2.06. The quantitative estimate of drug-likeness (QED) is 0.437. The Bertz CT molecular complexity index is 1010. The molecule has 0 aliphatic rings. The standard InChI is InChI=1S/C26H26F3NO2/c1-4-25(19-11-7-5-8-12-19,20-13-9-6-10-14-20)24(31)30-21-15-16-23(32-18(2)3)22(17-21)26(27,28)29/h5-18H,4H2,1-3H3,(H,30,31). The number of anilines is 1. The van der Waals surface area contributed by atoms with Crippen molar-refractivity contribution in [3.05, 3.63) is 95.6 Å². The molecule has 0 saturated heterocycles. The molecule has 32 heavy (non-hydrogen) atoms. The summed E-state index contributed by atoms with van der Waals surface area (Å²) in [5.74, 6) is -0.665. The van der Waals surface area contributed by atoms with Gasteiger partial charge in [0.15, 0.2) is 0 Å². The lowest BCUT2D eigenvalue weighted by Crippen LogP contribution is -2.41. The van der Waals surface area contributed by atoms with E-state index in [1.165, 1.54) is 12.1 Å². The van der Waals surface area contributed by atoms with Gasteiger partial charge in [-0.1, -0.05) is 67.6 Å². The van der Waals surface area contributed by atoms with Crippen LogP contribution in [0.25, 0.3) is 0 Å². The molecule has 0 radical (unpaired) electrons. The first kappa shape index (κ1) is 23.4. The van der Waals surface area contributed by atoms with E-state index < -0.39 is 29.2 Å². The molecule has 0 aliphatic carbocycles. The molecule has 0 aliphatic heterocycles. The van der Waals surface area contributed by atoms with E-state index in [4.69, 9.17) is 4.74 Å². The van der Waals surface area contributed by atoms with E-state index in [9.17, 15) is 18.0 Å². The second kappa shape index (κ2) is 9.47. The summed E-state index contributed by atoms with van der Waals surface area (Å²) in [6, 6.07) is 22.1. The van der Waals surface area contributed by atoms with Crippen LogP contribution in [0.1, 0.15) is 43.9 Å². The molecule has 1 N–H and O–H groups in total. The highest BCUT2D eigenvalue weighted by molar-refractivity contribution is 6.02. The Morgan fingerprint density at radius 1 is 0.906 bits per heavy atom. The Hall–Kier alpha value is -3.28. The number of hydrogen-bond acceptors (Lipinski definition) is 2. The van der Waals surface area contributed by atoms with Gasteiger partial charge in [0.05, 0.1) is 17.1 Å². The highest BCUT2D eigenvalue weighted by atomic mass is 19.4. The lowest BCUT2D eigenvalue weighted by atomic mass is 9.71. The fraction of sp³-hybridized carbons (Fsp3) is 0.269. The number of hydrogen-bond donors (Lipinski definition) is 1. The number of alkyl halides is 3. The minimum absolute atomic E-state index is 0.0584. The van der Waals surface area contributed by atoms with E-state index in [0.717, 1.165) is 17.2 Å². The van der Waals surface area contributed by atoms with E-state index in [-0.39, 0.29) is 11.4 Å². The summed E-state index contributed by atoms with van der Waals surface area (Å²) in [7, 11) is 0. The average Bonchev–Trinajstić information content (AvgIpc) is 2.76. The number of halogens is 3. The first-order valence-electron chi connectivity index (χ1n) is 10.5. The van der Waals surface area contributed by atoms with Gasteiger partial charge in [0.2, 0.25) is 5.91 Å². The van der Waals surface area contributed by atoms with Crippen molar-refractivity contribution in [1.82, 2.24) is 0 Å². The topological polar surface area (TPSA) is 38.3 Å². The summed E-state index contributed by atoms with van der Waals surface area (Å²) in [5.41, 5.74) is -0.397. The van der Waals surface area contributed by atoms with Crippen molar-refractivity contribution in [3.63, 3.8) is 0 Å². The molecule has 6 heteroatoms. The second-order valence-electron chi connectivity index (χ2n) is 7.82. The van der Waals surface area contributed by atoms with Gasteiger partial charge >= 0.3 is 6.18 Å². The van der Waals surface area contributed by atoms with Gasteiger partial charge in [-0.05, 0) is 49.6 Å². The maximum atomic E-state index is 13.7. The smallest absolute Gasteiger partial charge is 0.420 e. The second-order valence-corrected chi connectivity index (χ2v) is 7.82. The normalized spacial score (nSPS) is 12.0. The Labute approximate surface area is 186 Å². The molecule has 0 atom stereocenters. The van der Waals surface area contributed by atoms with Crippen LogP contribution in [0.5, 0.6) is 5.75 Å². The fourth-order valence-electron chi connectivity index (χ4n) is 3.87. The highest BCUT2D eigenvalue weighted by Crippen LogP contribution is 2.40. The highest BCUT2D eigenvalue weighted by Gasteiger charge is 2.41. The molecule has 3 nitrogen and oxygen atoms in total. The van der Waals surface area contributed by atoms with E-state index in [1.807, 2.05) is 67.6 Å². The predicted octanol–water partition coefficient (Wildman–Crippen LogP) is 6.83. The van der Waals surface area contributed by atoms with Crippen LogP contribution in [0.4, 0.5) is 18.9 Å². The summed E-state index contributed by atoms with van der Waals surface area (Å²) in [6.07, 6.45) is -4.61. The first-order valence-corrected chi connectivity index (χ1v) is 10.5. The third-order valence-electron chi connectivity index (χ3n) is 5.36. The monoisotopic (exact) mass is 441 g/mol. The van der Waals surface area contributed by atoms with Crippen molar-refractivity contribution in [1.29, 1.82) is 0 Å². The van der Waals surface area contributed by atoms with E-state index in [2.05, 4.69) is 5.32 Å². The van der Waals surface area contributed by atoms with E-state index in [0.29, 0.717) is 6.42 Å². The van der Waals surface area contributed by atoms with Crippen molar-refractivity contribution in [2.45, 2.75) is 44.9 Å². The van der Waals surface area contributed by atoms with Crippen LogP contribution in [-0.4, -0.2) is 12.0 Å². The van der Waals surface area contributed by atoms with Crippen LogP contribution in [0.3, 0.4) is 0 Å². The zero-order valence-corrected chi connectivity index (χ0v) is 18.2. The summed E-state index contributed by atoms with van der Waals surface area (Å²) >= 11 is 0. The molecular weight excluding hydrogens is 415 g/mol. The van der Waals surface area contributed by atoms with Crippen LogP contribution in [0.15, 0.2) is 78.9 Å². The number of ether oxygens (including phenoxy) is 1. The molecule has 0 aromatic heterocycles. The molecular formula is C26H26F3NO2. The van der Waals surface area contributed by atoms with Crippen molar-refractivity contribution >= 4 is 11.6 Å². The summed E-state index contributed by atoms with van der Waals surface area (Å²) < 4.78 is 46.3. The minimum atomic E-state index is -4.62. The van der Waals surface area contributed by atoms with Crippen LogP contribution < -0.4 is 10.1 Å². The van der Waals surface area contributed by atoms with Gasteiger partial charge in [-0.2, -0.15) is 13.2 Å². The summed E-state index contributed by atoms with van der Waals surface area (Å²) in [5, 5.41) is 2.73. The molecule has 0 bridgehead atoms. The fourth-order valence-corrected chi connectivity index (χ4v) is 3.87. The third kappa shape index (κ3) is 4.79. The van der Waals surface area contributed by atoms with Crippen LogP contribution in [0, 0.1) is 0 Å². The Morgan fingerprint density at radius 3 is 1.88 bits per heavy atom. The lowest BCUT2D eigenvalue weighted by Gasteiger charge is -2.33. The van der Waals surface area contributed by atoms with Gasteiger partial charge in [0, 0.05) is 5.69 Å². The zero-order valence-electron chi connectivity index (χ0n) is 18.2. The Kier molecular flexibility index (Phi) is 6.92. The molecule has 168 valence electrons. The molecule has 3 aromatic carbocycles. The van der Waals surface area contributed by atoms with Crippen LogP contribution >= 0.6 is 0 Å². The molecule has 0 heterocycles. The van der Waals surface area contributed by atoms with Gasteiger partial charge in [-0.15, -0.1) is 0 Å². The van der Waals surface area contributed by atoms with Gasteiger partial charge in [0.1, 0.15) is 5.75 Å². The van der Waals surface area contributed by atoms with E-state index >= 15 is 0 Å². The number of carbonyl (C=O) groups excluding carboxylic acids is 1. The molecule has 3 rings (SSSR count). The molecule has 3 aromatic rings. The number of carbonyl (C=O) groups is 1. The van der Waals surface area contributed by atoms with Crippen LogP contribution in [-0.2, 0) is 16.4 Å². The van der Waals surface area contributed by atoms with E-state index in [1.54, 1.807) is 13.8 Å². The number of benzene rings is 3. The molecule has 0 spiro atoms. The largest absolute Gasteiger partial charge is 0.490 e.